The molecule has 0 saturated heterocycles. The number of hydrogen-bond donors (Lipinski definition) is 2. The van der Waals surface area contributed by atoms with Gasteiger partial charge in [-0.3, -0.25) is 4.99 Å². The molecule has 0 amide bonds. The number of nitrogens with zero attached hydrogens (tertiary/aromatic N) is 1. The molecule has 0 atom stereocenters. The second-order valence-electron chi connectivity index (χ2n) is 7.30. The van der Waals surface area contributed by atoms with Crippen molar-refractivity contribution in [3.63, 3.8) is 0 Å². The molecule has 0 unspecified atom stereocenters. The first-order valence-electron chi connectivity index (χ1n) is 10.2. The van der Waals surface area contributed by atoms with Crippen LogP contribution in [-0.2, 0) is 11.3 Å². The fraction of sp³-hybridized carbons (Fsp3) is 0.667. The quantitative estimate of drug-likeness (QED) is 0.186. The minimum atomic E-state index is -2.90. The molecular formula is C21H34F2IN3O3. The van der Waals surface area contributed by atoms with Crippen molar-refractivity contribution in [3.05, 3.63) is 23.8 Å². The molecule has 1 aromatic carbocycles. The molecule has 0 heterocycles. The molecule has 0 aliphatic heterocycles. The Kier molecular flexibility index (Phi) is 12.3. The second-order valence-corrected chi connectivity index (χ2v) is 7.30. The lowest BCUT2D eigenvalue weighted by molar-refractivity contribution is -0.0512. The highest BCUT2D eigenvalue weighted by atomic mass is 127. The molecular weight excluding hydrogens is 507 g/mol. The number of halogens is 3. The first-order chi connectivity index (χ1) is 14.0. The molecule has 0 aromatic heterocycles. The third kappa shape index (κ3) is 8.41. The van der Waals surface area contributed by atoms with Crippen LogP contribution >= 0.6 is 24.0 Å². The van der Waals surface area contributed by atoms with Crippen LogP contribution in [0.5, 0.6) is 11.5 Å². The van der Waals surface area contributed by atoms with Gasteiger partial charge in [0.2, 0.25) is 0 Å². The van der Waals surface area contributed by atoms with Crippen LogP contribution in [0.1, 0.15) is 44.6 Å². The average Bonchev–Trinajstić information content (AvgIpc) is 3.17. The summed E-state index contributed by atoms with van der Waals surface area (Å²) in [4.78, 5) is 4.28. The highest BCUT2D eigenvalue weighted by molar-refractivity contribution is 14.0. The van der Waals surface area contributed by atoms with Gasteiger partial charge < -0.3 is 24.8 Å². The number of guanidine groups is 1. The maximum Gasteiger partial charge on any atom is 0.387 e. The Labute approximate surface area is 195 Å². The number of hydrogen-bond acceptors (Lipinski definition) is 4. The summed E-state index contributed by atoms with van der Waals surface area (Å²) in [5.74, 6) is 0.972. The SMILES string of the molecule is CCOCCC1(CNC(=NC)NCc2ccc(OC)c(OC(F)F)c2)CCCC1.I. The van der Waals surface area contributed by atoms with Crippen molar-refractivity contribution in [2.24, 2.45) is 10.4 Å². The van der Waals surface area contributed by atoms with Crippen LogP contribution in [0.4, 0.5) is 8.78 Å². The van der Waals surface area contributed by atoms with Crippen molar-refractivity contribution in [2.75, 3.05) is 33.9 Å². The Bertz CT molecular complexity index is 656. The molecule has 2 rings (SSSR count). The van der Waals surface area contributed by atoms with Gasteiger partial charge in [0.1, 0.15) is 0 Å². The van der Waals surface area contributed by atoms with Crippen molar-refractivity contribution in [2.45, 2.75) is 52.2 Å². The van der Waals surface area contributed by atoms with Gasteiger partial charge in [-0.25, -0.2) is 0 Å². The summed E-state index contributed by atoms with van der Waals surface area (Å²) in [6, 6.07) is 4.97. The number of methoxy groups -OCH3 is 1. The highest BCUT2D eigenvalue weighted by Crippen LogP contribution is 2.40. The van der Waals surface area contributed by atoms with E-state index in [-0.39, 0.29) is 40.9 Å². The molecule has 0 bridgehead atoms. The van der Waals surface area contributed by atoms with E-state index in [9.17, 15) is 8.78 Å². The fourth-order valence-electron chi connectivity index (χ4n) is 3.77. The smallest absolute Gasteiger partial charge is 0.387 e. The van der Waals surface area contributed by atoms with Crippen LogP contribution in [0.15, 0.2) is 23.2 Å². The number of rotatable bonds is 11. The van der Waals surface area contributed by atoms with Gasteiger partial charge in [0.15, 0.2) is 17.5 Å². The summed E-state index contributed by atoms with van der Waals surface area (Å²) < 4.78 is 40.4. The van der Waals surface area contributed by atoms with Crippen LogP contribution in [0.3, 0.4) is 0 Å². The van der Waals surface area contributed by atoms with Gasteiger partial charge in [0.25, 0.3) is 0 Å². The predicted molar refractivity (Wildman–Crippen MR) is 125 cm³/mol. The Hall–Kier alpha value is -1.36. The largest absolute Gasteiger partial charge is 0.493 e. The van der Waals surface area contributed by atoms with E-state index in [0.29, 0.717) is 12.5 Å². The lowest BCUT2D eigenvalue weighted by Gasteiger charge is -2.30. The van der Waals surface area contributed by atoms with E-state index in [1.54, 1.807) is 25.2 Å². The van der Waals surface area contributed by atoms with E-state index in [2.05, 4.69) is 20.4 Å². The molecule has 1 fully saturated rings. The standard InChI is InChI=1S/C21H33F2N3O3.HI/c1-4-28-12-11-21(9-5-6-10-21)15-26-20(24-2)25-14-16-7-8-17(27-3)18(13-16)29-19(22)23;/h7-8,13,19H,4-6,9-12,14-15H2,1-3H3,(H2,24,25,26);1H. The van der Waals surface area contributed by atoms with Crippen LogP contribution in [0.25, 0.3) is 0 Å². The van der Waals surface area contributed by atoms with E-state index in [1.165, 1.54) is 32.8 Å². The van der Waals surface area contributed by atoms with Gasteiger partial charge in [-0.2, -0.15) is 8.78 Å². The first-order valence-corrected chi connectivity index (χ1v) is 10.2. The lowest BCUT2D eigenvalue weighted by Crippen LogP contribution is -2.43. The molecule has 30 heavy (non-hydrogen) atoms. The van der Waals surface area contributed by atoms with E-state index >= 15 is 0 Å². The van der Waals surface area contributed by atoms with Crippen molar-refractivity contribution in [1.82, 2.24) is 10.6 Å². The molecule has 1 aromatic rings. The topological polar surface area (TPSA) is 64.1 Å². The summed E-state index contributed by atoms with van der Waals surface area (Å²) in [5, 5.41) is 6.66. The zero-order chi connectivity index (χ0) is 21.1. The molecule has 172 valence electrons. The number of alkyl halides is 2. The lowest BCUT2D eigenvalue weighted by atomic mass is 9.83. The minimum Gasteiger partial charge on any atom is -0.493 e. The van der Waals surface area contributed by atoms with E-state index in [0.717, 1.165) is 31.7 Å². The zero-order valence-corrected chi connectivity index (χ0v) is 20.3. The van der Waals surface area contributed by atoms with Crippen LogP contribution in [0.2, 0.25) is 0 Å². The molecule has 9 heteroatoms. The normalized spacial score (nSPS) is 15.6. The van der Waals surface area contributed by atoms with Crippen molar-refractivity contribution in [3.8, 4) is 11.5 Å². The monoisotopic (exact) mass is 541 g/mol. The van der Waals surface area contributed by atoms with Gasteiger partial charge in [-0.05, 0) is 49.3 Å². The van der Waals surface area contributed by atoms with E-state index < -0.39 is 6.61 Å². The molecule has 0 radical (unpaired) electrons. The summed E-state index contributed by atoms with van der Waals surface area (Å²) in [5.41, 5.74) is 1.03. The number of nitrogens with one attached hydrogen (secondary N) is 2. The molecule has 6 nitrogen and oxygen atoms in total. The van der Waals surface area contributed by atoms with Gasteiger partial charge >= 0.3 is 6.61 Å². The third-order valence-corrected chi connectivity index (χ3v) is 5.40. The summed E-state index contributed by atoms with van der Waals surface area (Å²) in [6.07, 6.45) is 5.92. The van der Waals surface area contributed by atoms with Crippen LogP contribution in [0, 0.1) is 5.41 Å². The van der Waals surface area contributed by atoms with Crippen molar-refractivity contribution >= 4 is 29.9 Å². The van der Waals surface area contributed by atoms with Crippen LogP contribution < -0.4 is 20.1 Å². The van der Waals surface area contributed by atoms with E-state index in [1.807, 2.05) is 6.92 Å². The Balaban J connectivity index is 0.00000450. The molecule has 0 spiro atoms. The number of ether oxygens (including phenoxy) is 3. The minimum absolute atomic E-state index is 0. The summed E-state index contributed by atoms with van der Waals surface area (Å²) in [6.45, 7) is 1.90. The molecule has 2 N–H and O–H groups in total. The highest BCUT2D eigenvalue weighted by Gasteiger charge is 2.33. The van der Waals surface area contributed by atoms with Crippen LogP contribution in [-0.4, -0.2) is 46.5 Å². The Morgan fingerprint density at radius 2 is 1.93 bits per heavy atom. The predicted octanol–water partition coefficient (Wildman–Crippen LogP) is 4.57. The second kappa shape index (κ2) is 13.8. The third-order valence-electron chi connectivity index (χ3n) is 5.40. The first kappa shape index (κ1) is 26.7. The van der Waals surface area contributed by atoms with Gasteiger partial charge in [0, 0.05) is 33.4 Å². The van der Waals surface area contributed by atoms with Crippen molar-refractivity contribution in [1.29, 1.82) is 0 Å². The molecule has 1 aliphatic carbocycles. The van der Waals surface area contributed by atoms with Crippen molar-refractivity contribution < 1.29 is 23.0 Å². The Morgan fingerprint density at radius 1 is 1.20 bits per heavy atom. The average molecular weight is 541 g/mol. The number of aliphatic imine (C=N–C) groups is 1. The van der Waals surface area contributed by atoms with E-state index in [4.69, 9.17) is 9.47 Å². The molecule has 1 aliphatic rings. The summed E-state index contributed by atoms with van der Waals surface area (Å²) in [7, 11) is 3.14. The van der Waals surface area contributed by atoms with Gasteiger partial charge in [0.05, 0.1) is 7.11 Å². The van der Waals surface area contributed by atoms with Gasteiger partial charge in [-0.15, -0.1) is 24.0 Å². The molecule has 1 saturated carbocycles. The number of benzene rings is 1. The fourth-order valence-corrected chi connectivity index (χ4v) is 3.77. The van der Waals surface area contributed by atoms with Gasteiger partial charge in [-0.1, -0.05) is 18.9 Å². The maximum absolute atomic E-state index is 12.6. The zero-order valence-electron chi connectivity index (χ0n) is 18.0. The maximum atomic E-state index is 12.6. The summed E-state index contributed by atoms with van der Waals surface area (Å²) >= 11 is 0. The Morgan fingerprint density at radius 3 is 2.53 bits per heavy atom.